The van der Waals surface area contributed by atoms with Gasteiger partial charge in [-0.25, -0.2) is 28.1 Å². The first-order valence-electron chi connectivity index (χ1n) is 14.1. The van der Waals surface area contributed by atoms with Crippen molar-refractivity contribution in [1.29, 1.82) is 0 Å². The number of carbonyl (C=O) groups is 2. The van der Waals surface area contributed by atoms with Crippen LogP contribution in [0.5, 0.6) is 0 Å². The minimum atomic E-state index is -3.15. The predicted octanol–water partition coefficient (Wildman–Crippen LogP) is 5.81. The Morgan fingerprint density at radius 3 is 1.30 bits per heavy atom. The van der Waals surface area contributed by atoms with E-state index in [2.05, 4.69) is 20.2 Å². The molecule has 2 fully saturated rings. The number of alkyl halides is 6. The SMILES string of the molecule is O=C(c1nc2n(n1)[C@H](c1ccccc1)CC2(F)F)[C@@H]1C[C@H]1F.O=C(c1nc2n(n1)[C@H](c1ccccc1)CC2(F)F)[C@H]1C[C@@H]1F. The standard InChI is InChI=1S/2C15H12F3N3O/c2*16-10-6-9(10)12(22)13-19-14-15(17,18)7-11(21(14)20-13)8-4-2-1-3-5-8/h2*1-5,9-11H,6-7H2/t9-,10-,11+;9-,10-,11-/m10/s1. The first kappa shape index (κ1) is 28.4. The average molecular weight is 615 g/mol. The fourth-order valence-corrected chi connectivity index (χ4v) is 5.70. The number of hydrogen-bond donors (Lipinski definition) is 0. The molecule has 6 atom stereocenters. The minimum Gasteiger partial charge on any atom is -0.290 e. The van der Waals surface area contributed by atoms with Crippen molar-refractivity contribution in [3.05, 3.63) is 95.1 Å². The normalized spacial score (nSPS) is 28.4. The molecule has 8 nitrogen and oxygen atoms in total. The van der Waals surface area contributed by atoms with Gasteiger partial charge in [-0.1, -0.05) is 60.7 Å². The van der Waals surface area contributed by atoms with Crippen LogP contribution in [0.25, 0.3) is 0 Å². The summed E-state index contributed by atoms with van der Waals surface area (Å²) in [6, 6.07) is 16.2. The van der Waals surface area contributed by atoms with Crippen molar-refractivity contribution < 1.29 is 35.9 Å². The average Bonchev–Trinajstić information content (AvgIpc) is 3.67. The Hall–Kier alpha value is -4.36. The Kier molecular flexibility index (Phi) is 6.52. The lowest BCUT2D eigenvalue weighted by molar-refractivity contribution is -0.00942. The highest BCUT2D eigenvalue weighted by Gasteiger charge is 2.53. The van der Waals surface area contributed by atoms with Crippen molar-refractivity contribution in [3.8, 4) is 0 Å². The minimum absolute atomic E-state index is 0.126. The van der Waals surface area contributed by atoms with E-state index in [-0.39, 0.29) is 24.5 Å². The number of ketones is 2. The summed E-state index contributed by atoms with van der Waals surface area (Å²) in [5.41, 5.74) is 1.36. The molecule has 4 aromatic rings. The summed E-state index contributed by atoms with van der Waals surface area (Å²) in [5, 5.41) is 7.90. The Morgan fingerprint density at radius 2 is 0.977 bits per heavy atom. The van der Waals surface area contributed by atoms with Crippen molar-refractivity contribution in [2.45, 2.75) is 62.0 Å². The van der Waals surface area contributed by atoms with Crippen LogP contribution in [0.4, 0.5) is 26.3 Å². The quantitative estimate of drug-likeness (QED) is 0.201. The molecule has 14 heteroatoms. The van der Waals surface area contributed by atoms with E-state index in [0.29, 0.717) is 11.1 Å². The number of nitrogens with zero attached hydrogens (tertiary/aromatic N) is 6. The van der Waals surface area contributed by atoms with Crippen molar-refractivity contribution in [2.75, 3.05) is 0 Å². The second-order valence-electron chi connectivity index (χ2n) is 11.5. The zero-order chi connectivity index (χ0) is 31.0. The lowest BCUT2D eigenvalue weighted by Crippen LogP contribution is -2.13. The lowest BCUT2D eigenvalue weighted by atomic mass is 10.0. The second-order valence-corrected chi connectivity index (χ2v) is 11.5. The molecule has 2 aliphatic carbocycles. The third kappa shape index (κ3) is 4.89. The molecule has 0 bridgehead atoms. The van der Waals surface area contributed by atoms with Gasteiger partial charge in [0.05, 0.1) is 23.9 Å². The van der Waals surface area contributed by atoms with Gasteiger partial charge in [0.15, 0.2) is 11.6 Å². The molecule has 4 aliphatic rings. The molecule has 0 radical (unpaired) electrons. The number of rotatable bonds is 6. The van der Waals surface area contributed by atoms with Crippen LogP contribution in [0.3, 0.4) is 0 Å². The van der Waals surface area contributed by atoms with E-state index in [1.807, 2.05) is 0 Å². The van der Waals surface area contributed by atoms with Crippen LogP contribution >= 0.6 is 0 Å². The number of hydrogen-bond acceptors (Lipinski definition) is 6. The Morgan fingerprint density at radius 1 is 0.636 bits per heavy atom. The van der Waals surface area contributed by atoms with Gasteiger partial charge in [-0.15, -0.1) is 10.2 Å². The zero-order valence-electron chi connectivity index (χ0n) is 22.8. The first-order valence-corrected chi connectivity index (χ1v) is 14.1. The van der Waals surface area contributed by atoms with Crippen molar-refractivity contribution in [1.82, 2.24) is 29.5 Å². The molecule has 2 aromatic carbocycles. The topological polar surface area (TPSA) is 95.6 Å². The molecule has 2 aliphatic heterocycles. The second kappa shape index (κ2) is 10.1. The smallest absolute Gasteiger partial charge is 0.290 e. The molecule has 2 aromatic heterocycles. The van der Waals surface area contributed by atoms with Crippen LogP contribution < -0.4 is 0 Å². The van der Waals surface area contributed by atoms with Gasteiger partial charge in [-0.05, 0) is 24.0 Å². The zero-order valence-corrected chi connectivity index (χ0v) is 22.8. The number of fused-ring (bicyclic) bond motifs is 2. The van der Waals surface area contributed by atoms with E-state index in [9.17, 15) is 35.9 Å². The third-order valence-corrected chi connectivity index (χ3v) is 8.31. The van der Waals surface area contributed by atoms with Gasteiger partial charge in [0.2, 0.25) is 23.2 Å². The first-order chi connectivity index (χ1) is 20.9. The van der Waals surface area contributed by atoms with E-state index in [4.69, 9.17) is 0 Å². The fraction of sp³-hybridized carbons (Fsp3) is 0.400. The van der Waals surface area contributed by atoms with Crippen molar-refractivity contribution in [3.63, 3.8) is 0 Å². The molecule has 0 spiro atoms. The van der Waals surface area contributed by atoms with E-state index in [1.165, 1.54) is 0 Å². The van der Waals surface area contributed by atoms with Gasteiger partial charge in [0.1, 0.15) is 12.3 Å². The molecular formula is C30H24F6N6O2. The monoisotopic (exact) mass is 614 g/mol. The highest BCUT2D eigenvalue weighted by atomic mass is 19.3. The number of halogens is 6. The summed E-state index contributed by atoms with van der Waals surface area (Å²) >= 11 is 0. The number of aromatic nitrogens is 6. The van der Waals surface area contributed by atoms with Gasteiger partial charge in [-0.3, -0.25) is 9.59 Å². The number of carbonyl (C=O) groups excluding carboxylic acids is 2. The molecule has 2 saturated carbocycles. The van der Waals surface area contributed by atoms with Crippen LogP contribution in [-0.2, 0) is 11.8 Å². The van der Waals surface area contributed by atoms with E-state index in [1.54, 1.807) is 60.7 Å². The molecule has 228 valence electrons. The maximum Gasteiger partial charge on any atom is 0.308 e. The molecule has 0 saturated heterocycles. The third-order valence-electron chi connectivity index (χ3n) is 8.31. The lowest BCUT2D eigenvalue weighted by Gasteiger charge is -2.11. The Labute approximate surface area is 246 Å². The van der Waals surface area contributed by atoms with Gasteiger partial charge >= 0.3 is 11.8 Å². The van der Waals surface area contributed by atoms with Crippen LogP contribution in [0.2, 0.25) is 0 Å². The summed E-state index contributed by atoms with van der Waals surface area (Å²) in [7, 11) is 0. The summed E-state index contributed by atoms with van der Waals surface area (Å²) in [5.74, 6) is -10.6. The van der Waals surface area contributed by atoms with Crippen LogP contribution in [0.15, 0.2) is 60.7 Å². The summed E-state index contributed by atoms with van der Waals surface area (Å²) < 4.78 is 84.7. The summed E-state index contributed by atoms with van der Waals surface area (Å²) in [6.45, 7) is 0. The van der Waals surface area contributed by atoms with E-state index < -0.39 is 84.2 Å². The van der Waals surface area contributed by atoms with Crippen LogP contribution in [0.1, 0.15) is 81.8 Å². The number of benzene rings is 2. The van der Waals surface area contributed by atoms with Crippen LogP contribution in [0, 0.1) is 11.8 Å². The van der Waals surface area contributed by atoms with E-state index >= 15 is 0 Å². The summed E-state index contributed by atoms with van der Waals surface area (Å²) in [4.78, 5) is 31.3. The highest BCUT2D eigenvalue weighted by Crippen LogP contribution is 2.47. The summed E-state index contributed by atoms with van der Waals surface area (Å²) in [6.07, 6.45) is -3.01. The highest BCUT2D eigenvalue weighted by molar-refractivity contribution is 5.97. The Balaban J connectivity index is 0.000000142. The van der Waals surface area contributed by atoms with Gasteiger partial charge in [0, 0.05) is 12.8 Å². The molecule has 4 heterocycles. The molecule has 0 N–H and O–H groups in total. The van der Waals surface area contributed by atoms with Crippen LogP contribution in [-0.4, -0.2) is 53.4 Å². The number of Topliss-reactive ketones (excluding diaryl/α,β-unsaturated/α-hetero) is 2. The van der Waals surface area contributed by atoms with Gasteiger partial charge in [-0.2, -0.15) is 17.6 Å². The predicted molar refractivity (Wildman–Crippen MR) is 141 cm³/mol. The van der Waals surface area contributed by atoms with Crippen molar-refractivity contribution >= 4 is 11.6 Å². The molecule has 44 heavy (non-hydrogen) atoms. The fourth-order valence-electron chi connectivity index (χ4n) is 5.70. The molecule has 0 unspecified atom stereocenters. The largest absolute Gasteiger partial charge is 0.308 e. The molecular weight excluding hydrogens is 590 g/mol. The maximum atomic E-state index is 14.1. The van der Waals surface area contributed by atoms with Gasteiger partial charge in [0.25, 0.3) is 0 Å². The molecule has 8 rings (SSSR count). The molecule has 0 amide bonds. The maximum absolute atomic E-state index is 14.1. The van der Waals surface area contributed by atoms with Gasteiger partial charge < -0.3 is 0 Å². The Bertz CT molecular complexity index is 1620. The van der Waals surface area contributed by atoms with Crippen molar-refractivity contribution in [2.24, 2.45) is 11.8 Å². The van der Waals surface area contributed by atoms with E-state index in [0.717, 1.165) is 9.36 Å².